The van der Waals surface area contributed by atoms with Gasteiger partial charge in [-0.1, -0.05) is 41.4 Å². The van der Waals surface area contributed by atoms with Crippen LogP contribution < -0.4 is 14.4 Å². The van der Waals surface area contributed by atoms with Crippen molar-refractivity contribution in [2.45, 2.75) is 6.04 Å². The Balaban J connectivity index is 2.01. The van der Waals surface area contributed by atoms with Gasteiger partial charge in [0.05, 0.1) is 35.9 Å². The lowest BCUT2D eigenvalue weighted by molar-refractivity contribution is -0.132. The van der Waals surface area contributed by atoms with Crippen molar-refractivity contribution in [3.63, 3.8) is 0 Å². The predicted molar refractivity (Wildman–Crippen MR) is 129 cm³/mol. The van der Waals surface area contributed by atoms with Gasteiger partial charge in [0.1, 0.15) is 28.6 Å². The normalized spacial score (nSPS) is 17.2. The van der Waals surface area contributed by atoms with Crippen LogP contribution in [0.5, 0.6) is 17.2 Å². The van der Waals surface area contributed by atoms with Gasteiger partial charge in [-0.3, -0.25) is 14.5 Å². The molecule has 1 aliphatic heterocycles. The van der Waals surface area contributed by atoms with Gasteiger partial charge in [0.2, 0.25) is 0 Å². The van der Waals surface area contributed by atoms with Crippen LogP contribution in [0.3, 0.4) is 0 Å². The van der Waals surface area contributed by atoms with Crippen LogP contribution in [0.4, 0.5) is 5.69 Å². The number of aliphatic hydroxyl groups excluding tert-OH is 1. The molecule has 34 heavy (non-hydrogen) atoms. The van der Waals surface area contributed by atoms with E-state index in [-0.39, 0.29) is 38.4 Å². The van der Waals surface area contributed by atoms with E-state index in [2.05, 4.69) is 0 Å². The van der Waals surface area contributed by atoms with Crippen LogP contribution in [0.1, 0.15) is 17.2 Å². The van der Waals surface area contributed by atoms with E-state index in [1.165, 1.54) is 43.4 Å². The highest BCUT2D eigenvalue weighted by molar-refractivity contribution is 6.52. The van der Waals surface area contributed by atoms with Gasteiger partial charge in [-0.25, -0.2) is 0 Å². The van der Waals surface area contributed by atoms with E-state index in [0.717, 1.165) is 0 Å². The second-order valence-corrected chi connectivity index (χ2v) is 8.21. The molecule has 0 bridgehead atoms. The lowest BCUT2D eigenvalue weighted by Gasteiger charge is -2.26. The van der Waals surface area contributed by atoms with Gasteiger partial charge in [0.25, 0.3) is 11.7 Å². The minimum Gasteiger partial charge on any atom is -0.508 e. The molecule has 3 aromatic carbocycles. The highest BCUT2D eigenvalue weighted by atomic mass is 35.5. The first-order valence-electron chi connectivity index (χ1n) is 10.0. The van der Waals surface area contributed by atoms with Gasteiger partial charge in [-0.2, -0.15) is 0 Å². The molecular formula is C25H19Cl2NO6. The number of carbonyl (C=O) groups is 2. The van der Waals surface area contributed by atoms with Crippen LogP contribution in [0.15, 0.2) is 66.2 Å². The Kier molecular flexibility index (Phi) is 6.41. The third-order valence-electron chi connectivity index (χ3n) is 5.50. The molecule has 0 saturated carbocycles. The topological polar surface area (TPSA) is 96.3 Å². The number of hydrogen-bond acceptors (Lipinski definition) is 6. The molecule has 1 amide bonds. The number of aliphatic hydroxyl groups is 1. The van der Waals surface area contributed by atoms with Crippen LogP contribution in [0.25, 0.3) is 5.76 Å². The second-order valence-electron chi connectivity index (χ2n) is 7.40. The number of Topliss-reactive ketones (excluding diaryl/α,β-unsaturated/α-hetero) is 1. The zero-order valence-electron chi connectivity index (χ0n) is 18.1. The van der Waals surface area contributed by atoms with Gasteiger partial charge in [-0.05, 0) is 48.0 Å². The van der Waals surface area contributed by atoms with E-state index in [1.54, 1.807) is 36.4 Å². The van der Waals surface area contributed by atoms with Crippen molar-refractivity contribution in [1.82, 2.24) is 0 Å². The van der Waals surface area contributed by atoms with Crippen LogP contribution in [0, 0.1) is 0 Å². The molecule has 4 rings (SSSR count). The molecule has 1 aliphatic rings. The van der Waals surface area contributed by atoms with Crippen molar-refractivity contribution in [3.8, 4) is 17.2 Å². The van der Waals surface area contributed by atoms with E-state index in [1.807, 2.05) is 0 Å². The maximum Gasteiger partial charge on any atom is 0.300 e. The Bertz CT molecular complexity index is 1300. The van der Waals surface area contributed by atoms with Gasteiger partial charge >= 0.3 is 0 Å². The number of ketones is 1. The summed E-state index contributed by atoms with van der Waals surface area (Å²) in [6.07, 6.45) is 0. The molecule has 0 aliphatic carbocycles. The zero-order chi connectivity index (χ0) is 24.6. The summed E-state index contributed by atoms with van der Waals surface area (Å²) < 4.78 is 10.8. The molecule has 3 aromatic rings. The highest BCUT2D eigenvalue weighted by Crippen LogP contribution is 2.46. The second kappa shape index (κ2) is 9.29. The van der Waals surface area contributed by atoms with E-state index in [9.17, 15) is 19.8 Å². The average Bonchev–Trinajstić information content (AvgIpc) is 3.10. The van der Waals surface area contributed by atoms with Crippen LogP contribution in [-0.2, 0) is 9.59 Å². The summed E-state index contributed by atoms with van der Waals surface area (Å²) in [6, 6.07) is 14.3. The Morgan fingerprint density at radius 1 is 0.912 bits per heavy atom. The fraction of sp³-hybridized carbons (Fsp3) is 0.120. The standard InChI is InChI=1S/C25H19Cl2NO6/c1-33-18-4-3-5-19(34-2)20(18)23(30)21-22(13-6-9-15(29)10-7-13)28(25(32)24(21)31)14-8-11-16(26)17(27)12-14/h3-12,22,29-30H,1-2H3/b23-21+. The summed E-state index contributed by atoms with van der Waals surface area (Å²) in [4.78, 5) is 27.8. The SMILES string of the molecule is COc1cccc(OC)c1/C(O)=C1\C(=O)C(=O)N(c2ccc(Cl)c(Cl)c2)C1c1ccc(O)cc1. The minimum absolute atomic E-state index is 0.00152. The van der Waals surface area contributed by atoms with Gasteiger partial charge in [0.15, 0.2) is 0 Å². The smallest absolute Gasteiger partial charge is 0.300 e. The molecule has 1 atom stereocenters. The van der Waals surface area contributed by atoms with Gasteiger partial charge < -0.3 is 19.7 Å². The molecular weight excluding hydrogens is 481 g/mol. The quantitative estimate of drug-likeness (QED) is 0.279. The molecule has 2 N–H and O–H groups in total. The monoisotopic (exact) mass is 499 g/mol. The Hall–Kier alpha value is -3.68. The maximum absolute atomic E-state index is 13.3. The summed E-state index contributed by atoms with van der Waals surface area (Å²) in [7, 11) is 2.83. The van der Waals surface area contributed by atoms with E-state index >= 15 is 0 Å². The zero-order valence-corrected chi connectivity index (χ0v) is 19.6. The van der Waals surface area contributed by atoms with Crippen LogP contribution in [0.2, 0.25) is 10.0 Å². The van der Waals surface area contributed by atoms with Crippen LogP contribution >= 0.6 is 23.2 Å². The van der Waals surface area contributed by atoms with Crippen molar-refractivity contribution in [2.75, 3.05) is 19.1 Å². The number of nitrogens with zero attached hydrogens (tertiary/aromatic N) is 1. The Morgan fingerprint density at radius 2 is 1.53 bits per heavy atom. The van der Waals surface area contributed by atoms with E-state index in [4.69, 9.17) is 32.7 Å². The average molecular weight is 500 g/mol. The predicted octanol–water partition coefficient (Wildman–Crippen LogP) is 5.34. The fourth-order valence-electron chi connectivity index (χ4n) is 3.93. The first-order valence-corrected chi connectivity index (χ1v) is 10.8. The molecule has 1 saturated heterocycles. The number of aromatic hydroxyl groups is 1. The molecule has 1 unspecified atom stereocenters. The van der Waals surface area contributed by atoms with Crippen molar-refractivity contribution < 1.29 is 29.3 Å². The number of benzene rings is 3. The van der Waals surface area contributed by atoms with Gasteiger partial charge in [0, 0.05) is 5.69 Å². The molecule has 7 nitrogen and oxygen atoms in total. The summed E-state index contributed by atoms with van der Waals surface area (Å²) >= 11 is 12.2. The number of amides is 1. The van der Waals surface area contributed by atoms with Crippen molar-refractivity contribution in [3.05, 3.63) is 87.4 Å². The molecule has 9 heteroatoms. The van der Waals surface area contributed by atoms with Gasteiger partial charge in [-0.15, -0.1) is 0 Å². The number of carbonyl (C=O) groups excluding carboxylic acids is 2. The lowest BCUT2D eigenvalue weighted by Crippen LogP contribution is -2.29. The van der Waals surface area contributed by atoms with Crippen LogP contribution in [-0.4, -0.2) is 36.1 Å². The number of halogens is 2. The molecule has 1 heterocycles. The largest absolute Gasteiger partial charge is 0.508 e. The lowest BCUT2D eigenvalue weighted by atomic mass is 9.94. The third kappa shape index (κ3) is 3.93. The molecule has 1 fully saturated rings. The first-order chi connectivity index (χ1) is 16.3. The van der Waals surface area contributed by atoms with E-state index in [0.29, 0.717) is 11.3 Å². The molecule has 0 radical (unpaired) electrons. The summed E-state index contributed by atoms with van der Waals surface area (Å²) in [5.74, 6) is -1.74. The number of phenols is 1. The fourth-order valence-corrected chi connectivity index (χ4v) is 4.22. The first kappa shape index (κ1) is 23.5. The summed E-state index contributed by atoms with van der Waals surface area (Å²) in [6.45, 7) is 0. The molecule has 174 valence electrons. The Morgan fingerprint density at radius 3 is 2.09 bits per heavy atom. The number of phenolic OH excluding ortho intramolecular Hbond substituents is 1. The molecule has 0 aromatic heterocycles. The number of rotatable bonds is 5. The summed E-state index contributed by atoms with van der Waals surface area (Å²) in [5, 5.41) is 21.6. The number of ether oxygens (including phenoxy) is 2. The Labute approximate surface area is 205 Å². The number of anilines is 1. The number of methoxy groups -OCH3 is 2. The van der Waals surface area contributed by atoms with Crippen molar-refractivity contribution in [1.29, 1.82) is 0 Å². The van der Waals surface area contributed by atoms with E-state index < -0.39 is 23.5 Å². The third-order valence-corrected chi connectivity index (χ3v) is 6.24. The molecule has 0 spiro atoms. The van der Waals surface area contributed by atoms with Crippen molar-refractivity contribution in [2.24, 2.45) is 0 Å². The summed E-state index contributed by atoms with van der Waals surface area (Å²) in [5.41, 5.74) is 0.729. The van der Waals surface area contributed by atoms with Crippen molar-refractivity contribution >= 4 is 46.3 Å². The maximum atomic E-state index is 13.3. The highest BCUT2D eigenvalue weighted by Gasteiger charge is 2.47. The number of hydrogen-bond donors (Lipinski definition) is 2. The minimum atomic E-state index is -1.03.